The molecule has 1 atom stereocenters. The standard InChI is InChI=1S/C14H24N2O2S.ClH/c1-5-12(2)13-6-8-14(9-7-13)19(17,18)16(4)11-10-15-3;/h6-9,12,15H,5,10-11H2,1-4H3;1H. The number of rotatable bonds is 7. The molecule has 0 aromatic heterocycles. The Bertz CT molecular complexity index is 488. The number of likely N-dealkylation sites (N-methyl/N-ethyl adjacent to an activating group) is 2. The summed E-state index contributed by atoms with van der Waals surface area (Å²) in [5, 5.41) is 2.95. The number of sulfonamides is 1. The second-order valence-corrected chi connectivity index (χ2v) is 6.85. The molecule has 0 aliphatic carbocycles. The molecule has 1 aromatic carbocycles. The van der Waals surface area contributed by atoms with Gasteiger partial charge in [0.2, 0.25) is 10.0 Å². The van der Waals surface area contributed by atoms with Crippen LogP contribution in [0, 0.1) is 0 Å². The van der Waals surface area contributed by atoms with Crippen molar-refractivity contribution < 1.29 is 8.42 Å². The zero-order chi connectivity index (χ0) is 14.5. The molecule has 1 aromatic rings. The Balaban J connectivity index is 0.00000361. The lowest BCUT2D eigenvalue weighted by Gasteiger charge is -2.17. The minimum absolute atomic E-state index is 0. The quantitative estimate of drug-likeness (QED) is 0.839. The zero-order valence-corrected chi connectivity index (χ0v) is 14.2. The number of benzene rings is 1. The van der Waals surface area contributed by atoms with Crippen molar-refractivity contribution in [3.8, 4) is 0 Å². The lowest BCUT2D eigenvalue weighted by molar-refractivity contribution is 0.466. The van der Waals surface area contributed by atoms with Gasteiger partial charge in [-0.15, -0.1) is 12.4 Å². The molecule has 0 aliphatic rings. The van der Waals surface area contributed by atoms with Crippen LogP contribution in [-0.2, 0) is 10.0 Å². The Kier molecular flexibility index (Phi) is 8.35. The maximum Gasteiger partial charge on any atom is 0.242 e. The van der Waals surface area contributed by atoms with Crippen molar-refractivity contribution in [1.29, 1.82) is 0 Å². The Morgan fingerprint density at radius 3 is 2.25 bits per heavy atom. The fourth-order valence-electron chi connectivity index (χ4n) is 1.77. The first-order valence-corrected chi connectivity index (χ1v) is 8.08. The van der Waals surface area contributed by atoms with Gasteiger partial charge >= 0.3 is 0 Å². The van der Waals surface area contributed by atoms with E-state index >= 15 is 0 Å². The number of nitrogens with one attached hydrogen (secondary N) is 1. The average Bonchev–Trinajstić information content (AvgIpc) is 2.43. The van der Waals surface area contributed by atoms with Gasteiger partial charge in [-0.1, -0.05) is 26.0 Å². The summed E-state index contributed by atoms with van der Waals surface area (Å²) in [4.78, 5) is 0.359. The first kappa shape index (κ1) is 19.4. The number of hydrogen-bond acceptors (Lipinski definition) is 3. The summed E-state index contributed by atoms with van der Waals surface area (Å²) in [6.45, 7) is 5.37. The van der Waals surface area contributed by atoms with Crippen LogP contribution in [0.3, 0.4) is 0 Å². The molecule has 0 aliphatic heterocycles. The highest BCUT2D eigenvalue weighted by Gasteiger charge is 2.20. The SMILES string of the molecule is CCC(C)c1ccc(S(=O)(=O)N(C)CCNC)cc1.Cl. The normalized spacial score (nSPS) is 13.1. The fraction of sp³-hybridized carbons (Fsp3) is 0.571. The molecule has 1 rings (SSSR count). The van der Waals surface area contributed by atoms with Crippen LogP contribution in [0.25, 0.3) is 0 Å². The number of halogens is 1. The van der Waals surface area contributed by atoms with Gasteiger partial charge in [0.05, 0.1) is 4.90 Å². The summed E-state index contributed by atoms with van der Waals surface area (Å²) in [7, 11) is 0.0463. The van der Waals surface area contributed by atoms with Crippen molar-refractivity contribution in [2.45, 2.75) is 31.1 Å². The third-order valence-electron chi connectivity index (χ3n) is 3.45. The highest BCUT2D eigenvalue weighted by molar-refractivity contribution is 7.89. The van der Waals surface area contributed by atoms with E-state index in [4.69, 9.17) is 0 Å². The van der Waals surface area contributed by atoms with Gasteiger partial charge < -0.3 is 5.32 Å². The third kappa shape index (κ3) is 4.74. The molecule has 0 heterocycles. The van der Waals surface area contributed by atoms with Gasteiger partial charge in [0.25, 0.3) is 0 Å². The van der Waals surface area contributed by atoms with Crippen LogP contribution in [0.15, 0.2) is 29.2 Å². The second-order valence-electron chi connectivity index (χ2n) is 4.81. The number of hydrogen-bond donors (Lipinski definition) is 1. The highest BCUT2D eigenvalue weighted by Crippen LogP contribution is 2.21. The average molecular weight is 321 g/mol. The summed E-state index contributed by atoms with van der Waals surface area (Å²) in [5.74, 6) is 0.457. The van der Waals surface area contributed by atoms with E-state index in [1.165, 1.54) is 9.87 Å². The molecule has 4 nitrogen and oxygen atoms in total. The van der Waals surface area contributed by atoms with E-state index in [1.807, 2.05) is 12.1 Å². The molecule has 1 unspecified atom stereocenters. The van der Waals surface area contributed by atoms with E-state index in [0.29, 0.717) is 23.9 Å². The molecular formula is C14H25ClN2O2S. The van der Waals surface area contributed by atoms with E-state index in [9.17, 15) is 8.42 Å². The summed E-state index contributed by atoms with van der Waals surface area (Å²) < 4.78 is 26.0. The topological polar surface area (TPSA) is 49.4 Å². The minimum Gasteiger partial charge on any atom is -0.318 e. The van der Waals surface area contributed by atoms with E-state index in [0.717, 1.165) is 6.42 Å². The fourth-order valence-corrected chi connectivity index (χ4v) is 2.94. The van der Waals surface area contributed by atoms with Crippen molar-refractivity contribution in [2.75, 3.05) is 27.2 Å². The van der Waals surface area contributed by atoms with Gasteiger partial charge in [-0.2, -0.15) is 4.31 Å². The summed E-state index contributed by atoms with van der Waals surface area (Å²) in [5.41, 5.74) is 1.18. The molecule has 20 heavy (non-hydrogen) atoms. The molecule has 0 bridgehead atoms. The molecule has 0 saturated heterocycles. The molecule has 0 fully saturated rings. The van der Waals surface area contributed by atoms with Crippen molar-refractivity contribution in [2.24, 2.45) is 0 Å². The maximum absolute atomic E-state index is 12.3. The molecule has 0 saturated carbocycles. The summed E-state index contributed by atoms with van der Waals surface area (Å²) in [6.07, 6.45) is 1.05. The number of nitrogens with zero attached hydrogens (tertiary/aromatic N) is 1. The van der Waals surface area contributed by atoms with Crippen LogP contribution >= 0.6 is 12.4 Å². The van der Waals surface area contributed by atoms with Gasteiger partial charge in [-0.25, -0.2) is 8.42 Å². The van der Waals surface area contributed by atoms with Crippen LogP contribution in [0.5, 0.6) is 0 Å². The van der Waals surface area contributed by atoms with Crippen LogP contribution in [0.2, 0.25) is 0 Å². The largest absolute Gasteiger partial charge is 0.318 e. The van der Waals surface area contributed by atoms with E-state index in [2.05, 4.69) is 19.2 Å². The third-order valence-corrected chi connectivity index (χ3v) is 5.32. The molecule has 1 N–H and O–H groups in total. The van der Waals surface area contributed by atoms with Gasteiger partial charge in [-0.05, 0) is 37.1 Å². The summed E-state index contributed by atoms with van der Waals surface area (Å²) >= 11 is 0. The van der Waals surface area contributed by atoms with Crippen LogP contribution in [0.1, 0.15) is 31.7 Å². The van der Waals surface area contributed by atoms with Crippen molar-refractivity contribution >= 4 is 22.4 Å². The highest BCUT2D eigenvalue weighted by atomic mass is 35.5. The van der Waals surface area contributed by atoms with E-state index in [1.54, 1.807) is 26.2 Å². The van der Waals surface area contributed by atoms with Crippen molar-refractivity contribution in [3.05, 3.63) is 29.8 Å². The Hall–Kier alpha value is -0.620. The predicted molar refractivity (Wildman–Crippen MR) is 86.1 cm³/mol. The lowest BCUT2D eigenvalue weighted by Crippen LogP contribution is -2.32. The van der Waals surface area contributed by atoms with Gasteiger partial charge in [0.15, 0.2) is 0 Å². The monoisotopic (exact) mass is 320 g/mol. The van der Waals surface area contributed by atoms with Crippen molar-refractivity contribution in [3.63, 3.8) is 0 Å². The first-order valence-electron chi connectivity index (χ1n) is 6.64. The van der Waals surface area contributed by atoms with Gasteiger partial charge in [-0.3, -0.25) is 0 Å². The molecular weight excluding hydrogens is 296 g/mol. The van der Waals surface area contributed by atoms with E-state index in [-0.39, 0.29) is 12.4 Å². The Morgan fingerprint density at radius 2 is 1.80 bits per heavy atom. The zero-order valence-electron chi connectivity index (χ0n) is 12.6. The molecule has 0 spiro atoms. The molecule has 116 valence electrons. The van der Waals surface area contributed by atoms with Gasteiger partial charge in [0.1, 0.15) is 0 Å². The summed E-state index contributed by atoms with van der Waals surface area (Å²) in [6, 6.07) is 7.22. The van der Waals surface area contributed by atoms with Crippen LogP contribution in [-0.4, -0.2) is 39.9 Å². The molecule has 6 heteroatoms. The van der Waals surface area contributed by atoms with Crippen molar-refractivity contribution in [1.82, 2.24) is 9.62 Å². The van der Waals surface area contributed by atoms with Crippen LogP contribution in [0.4, 0.5) is 0 Å². The molecule has 0 radical (unpaired) electrons. The minimum atomic E-state index is -3.37. The smallest absolute Gasteiger partial charge is 0.242 e. The molecule has 0 amide bonds. The second kappa shape index (κ2) is 8.62. The van der Waals surface area contributed by atoms with Gasteiger partial charge in [0, 0.05) is 20.1 Å². The maximum atomic E-state index is 12.3. The lowest BCUT2D eigenvalue weighted by atomic mass is 9.99. The van der Waals surface area contributed by atoms with E-state index < -0.39 is 10.0 Å². The predicted octanol–water partition coefficient (Wildman–Crippen LogP) is 2.46. The Morgan fingerprint density at radius 1 is 1.25 bits per heavy atom. The Labute approximate surface area is 129 Å². The van der Waals surface area contributed by atoms with Crippen LogP contribution < -0.4 is 5.32 Å². The first-order chi connectivity index (χ1) is 8.93.